The van der Waals surface area contributed by atoms with Crippen molar-refractivity contribution in [2.24, 2.45) is 11.8 Å². The number of aromatic amines is 1. The average molecular weight is 435 g/mol. The Morgan fingerprint density at radius 2 is 2.13 bits per heavy atom. The Labute approximate surface area is 182 Å². The van der Waals surface area contributed by atoms with Crippen molar-refractivity contribution < 1.29 is 23.5 Å². The van der Waals surface area contributed by atoms with E-state index in [4.69, 9.17) is 18.7 Å². The topological polar surface area (TPSA) is 97.3 Å². The Balaban J connectivity index is 1.27. The highest BCUT2D eigenvalue weighted by molar-refractivity contribution is 5.68. The molecular formula is C23H34N2O6. The molecule has 31 heavy (non-hydrogen) atoms. The summed E-state index contributed by atoms with van der Waals surface area (Å²) in [7, 11) is 1.76. The van der Waals surface area contributed by atoms with Crippen molar-refractivity contribution in [2.75, 3.05) is 20.2 Å². The molecule has 1 saturated carbocycles. The van der Waals surface area contributed by atoms with Crippen molar-refractivity contribution in [1.29, 1.82) is 0 Å². The van der Waals surface area contributed by atoms with Crippen LogP contribution in [0.1, 0.15) is 52.2 Å². The van der Waals surface area contributed by atoms with Crippen molar-refractivity contribution in [2.45, 2.75) is 76.8 Å². The molecule has 3 fully saturated rings. The minimum atomic E-state index is -0.255. The molecule has 3 aliphatic rings. The maximum absolute atomic E-state index is 12.6. The monoisotopic (exact) mass is 434 g/mol. The van der Waals surface area contributed by atoms with E-state index in [1.54, 1.807) is 12.0 Å². The molecule has 1 aromatic heterocycles. The number of methoxy groups -OCH3 is 1. The zero-order valence-corrected chi connectivity index (χ0v) is 18.9. The zero-order chi connectivity index (χ0) is 22.2. The van der Waals surface area contributed by atoms with Crippen LogP contribution >= 0.6 is 0 Å². The average Bonchev–Trinajstić information content (AvgIpc) is 3.19. The van der Waals surface area contributed by atoms with Crippen LogP contribution in [0.5, 0.6) is 0 Å². The van der Waals surface area contributed by atoms with E-state index in [1.807, 2.05) is 0 Å². The first kappa shape index (κ1) is 22.1. The summed E-state index contributed by atoms with van der Waals surface area (Å²) in [6.07, 6.45) is 6.16. The second kappa shape index (κ2) is 8.82. The van der Waals surface area contributed by atoms with Gasteiger partial charge in [-0.05, 0) is 46.5 Å². The van der Waals surface area contributed by atoms with Crippen LogP contribution in [0.25, 0.3) is 0 Å². The van der Waals surface area contributed by atoms with Gasteiger partial charge in [-0.25, -0.2) is 4.79 Å². The molecule has 172 valence electrons. The number of rotatable bonds is 7. The lowest BCUT2D eigenvalue weighted by atomic mass is 9.75. The normalized spacial score (nSPS) is 33.0. The fraction of sp³-hybridized carbons (Fsp3) is 0.739. The Hall–Kier alpha value is -2.06. The summed E-state index contributed by atoms with van der Waals surface area (Å²) in [5.74, 6) is 1.13. The smallest absolute Gasteiger partial charge is 0.410 e. The molecule has 0 radical (unpaired) electrons. The molecule has 3 heterocycles. The van der Waals surface area contributed by atoms with Crippen LogP contribution in [-0.4, -0.2) is 60.3 Å². The standard InChI is InChI=1S/C23H34N2O6/c1-14(2)5-8-20-23(3,30-20)18-10-16(6-7-19(18)28-4)29-22(27)25-12-15(13-25)9-17-11-21(26)24-31-17/h5,11,15-16,18-20H,6-10,12-13H2,1-4H3,(H,24,26)/t16-,18?,19?,20-,23-/m1/s1. The number of amides is 1. The van der Waals surface area contributed by atoms with Crippen LogP contribution in [0.15, 0.2) is 27.0 Å². The van der Waals surface area contributed by atoms with Crippen LogP contribution in [0.4, 0.5) is 4.79 Å². The maximum atomic E-state index is 12.6. The number of aromatic nitrogens is 1. The SMILES string of the molecule is COC1CC[C@@H](OC(=O)N2CC(Cc3cc(=O)[nH]o3)C2)CC1[C@@]1(C)O[C@@H]1CC=C(C)C. The molecule has 4 rings (SSSR count). The van der Waals surface area contributed by atoms with E-state index < -0.39 is 0 Å². The molecule has 2 unspecified atom stereocenters. The lowest BCUT2D eigenvalue weighted by Crippen LogP contribution is -2.52. The van der Waals surface area contributed by atoms with Crippen LogP contribution in [0.3, 0.4) is 0 Å². The molecule has 1 aromatic rings. The minimum absolute atomic E-state index is 0.115. The van der Waals surface area contributed by atoms with E-state index in [2.05, 4.69) is 32.0 Å². The Bertz CT molecular complexity index is 865. The predicted octanol–water partition coefficient (Wildman–Crippen LogP) is 3.28. The summed E-state index contributed by atoms with van der Waals surface area (Å²) in [5, 5.41) is 2.30. The van der Waals surface area contributed by atoms with Gasteiger partial charge in [0, 0.05) is 44.5 Å². The van der Waals surface area contributed by atoms with Gasteiger partial charge >= 0.3 is 6.09 Å². The fourth-order valence-electron chi connectivity index (χ4n) is 5.09. The molecule has 1 amide bonds. The number of ether oxygens (including phenoxy) is 3. The Morgan fingerprint density at radius 3 is 2.77 bits per heavy atom. The first-order chi connectivity index (χ1) is 14.8. The number of hydrogen-bond acceptors (Lipinski definition) is 6. The number of H-pyrrole nitrogens is 1. The molecular weight excluding hydrogens is 400 g/mol. The summed E-state index contributed by atoms with van der Waals surface area (Å²) in [6.45, 7) is 7.60. The lowest BCUT2D eigenvalue weighted by molar-refractivity contribution is -0.0588. The lowest BCUT2D eigenvalue weighted by Gasteiger charge is -2.41. The predicted molar refractivity (Wildman–Crippen MR) is 114 cm³/mol. The molecule has 8 nitrogen and oxygen atoms in total. The Morgan fingerprint density at radius 1 is 1.35 bits per heavy atom. The molecule has 1 aliphatic carbocycles. The van der Waals surface area contributed by atoms with Crippen LogP contribution in [0, 0.1) is 11.8 Å². The second-order valence-corrected chi connectivity index (χ2v) is 9.66. The van der Waals surface area contributed by atoms with Gasteiger partial charge in [-0.15, -0.1) is 0 Å². The van der Waals surface area contributed by atoms with Gasteiger partial charge in [0.25, 0.3) is 5.56 Å². The van der Waals surface area contributed by atoms with Gasteiger partial charge in [0.1, 0.15) is 11.9 Å². The van der Waals surface area contributed by atoms with Crippen molar-refractivity contribution >= 4 is 6.09 Å². The highest BCUT2D eigenvalue weighted by Crippen LogP contribution is 2.51. The molecule has 8 heteroatoms. The maximum Gasteiger partial charge on any atom is 0.410 e. The van der Waals surface area contributed by atoms with Gasteiger partial charge in [0.2, 0.25) is 0 Å². The third kappa shape index (κ3) is 4.90. The van der Waals surface area contributed by atoms with Gasteiger partial charge in [-0.3, -0.25) is 4.79 Å². The van der Waals surface area contributed by atoms with Gasteiger partial charge in [-0.1, -0.05) is 11.6 Å². The molecule has 1 N–H and O–H groups in total. The van der Waals surface area contributed by atoms with Gasteiger partial charge in [0.15, 0.2) is 0 Å². The summed E-state index contributed by atoms with van der Waals surface area (Å²) < 4.78 is 22.9. The van der Waals surface area contributed by atoms with Gasteiger partial charge in [0.05, 0.1) is 17.8 Å². The van der Waals surface area contributed by atoms with Crippen molar-refractivity contribution in [3.05, 3.63) is 33.8 Å². The summed E-state index contributed by atoms with van der Waals surface area (Å²) in [4.78, 5) is 25.5. The summed E-state index contributed by atoms with van der Waals surface area (Å²) in [6, 6.07) is 1.46. The van der Waals surface area contributed by atoms with Crippen molar-refractivity contribution in [1.82, 2.24) is 10.1 Å². The summed E-state index contributed by atoms with van der Waals surface area (Å²) >= 11 is 0. The molecule has 2 saturated heterocycles. The van der Waals surface area contributed by atoms with Crippen LogP contribution < -0.4 is 5.56 Å². The largest absolute Gasteiger partial charge is 0.446 e. The second-order valence-electron chi connectivity index (χ2n) is 9.66. The van der Waals surface area contributed by atoms with E-state index in [9.17, 15) is 9.59 Å². The van der Waals surface area contributed by atoms with Crippen LogP contribution in [0.2, 0.25) is 0 Å². The number of carbonyl (C=O) groups excluding carboxylic acids is 1. The highest BCUT2D eigenvalue weighted by Gasteiger charge is 2.60. The van der Waals surface area contributed by atoms with E-state index in [0.29, 0.717) is 25.3 Å². The number of hydrogen-bond donors (Lipinski definition) is 1. The highest BCUT2D eigenvalue weighted by atomic mass is 16.6. The first-order valence-electron chi connectivity index (χ1n) is 11.3. The van der Waals surface area contributed by atoms with E-state index >= 15 is 0 Å². The van der Waals surface area contributed by atoms with E-state index in [1.165, 1.54) is 11.6 Å². The Kier molecular flexibility index (Phi) is 6.30. The molecule has 0 spiro atoms. The molecule has 0 aromatic carbocycles. The van der Waals surface area contributed by atoms with E-state index in [0.717, 1.165) is 25.7 Å². The third-order valence-electron chi connectivity index (χ3n) is 7.04. The first-order valence-corrected chi connectivity index (χ1v) is 11.3. The zero-order valence-electron chi connectivity index (χ0n) is 18.9. The number of likely N-dealkylation sites (tertiary alicyclic amines) is 1. The van der Waals surface area contributed by atoms with Gasteiger partial charge in [-0.2, -0.15) is 5.16 Å². The van der Waals surface area contributed by atoms with Crippen molar-refractivity contribution in [3.8, 4) is 0 Å². The summed E-state index contributed by atoms with van der Waals surface area (Å²) in [5.41, 5.74) is 0.839. The van der Waals surface area contributed by atoms with Crippen LogP contribution in [-0.2, 0) is 20.6 Å². The van der Waals surface area contributed by atoms with Crippen molar-refractivity contribution in [3.63, 3.8) is 0 Å². The number of allylic oxidation sites excluding steroid dienone is 1. The quantitative estimate of drug-likeness (QED) is 0.523. The number of epoxide rings is 1. The molecule has 0 bridgehead atoms. The molecule has 5 atom stereocenters. The minimum Gasteiger partial charge on any atom is -0.446 e. The molecule has 2 aliphatic heterocycles. The third-order valence-corrected chi connectivity index (χ3v) is 7.04. The number of nitrogens with zero attached hydrogens (tertiary/aromatic N) is 1. The number of carbonyl (C=O) groups is 1. The fourth-order valence-corrected chi connectivity index (χ4v) is 5.09. The number of nitrogens with one attached hydrogen (secondary N) is 1. The van der Waals surface area contributed by atoms with E-state index in [-0.39, 0.29) is 47.4 Å². The van der Waals surface area contributed by atoms with Gasteiger partial charge < -0.3 is 23.6 Å².